The number of nitrogens with one attached hydrogen (secondary N) is 1. The van der Waals surface area contributed by atoms with E-state index in [2.05, 4.69) is 21.2 Å². The summed E-state index contributed by atoms with van der Waals surface area (Å²) in [5.74, 6) is 1.15. The van der Waals surface area contributed by atoms with Crippen LogP contribution in [0.2, 0.25) is 0 Å². The summed E-state index contributed by atoms with van der Waals surface area (Å²) in [7, 11) is 3.04. The first-order chi connectivity index (χ1) is 11.6. The van der Waals surface area contributed by atoms with E-state index in [4.69, 9.17) is 13.9 Å². The van der Waals surface area contributed by atoms with Crippen LogP contribution >= 0.6 is 15.9 Å². The van der Waals surface area contributed by atoms with Gasteiger partial charge in [-0.25, -0.2) is 0 Å². The predicted octanol–water partition coefficient (Wildman–Crippen LogP) is 3.28. The number of carbonyl (C=O) groups excluding carboxylic acids is 1. The quantitative estimate of drug-likeness (QED) is 0.604. The number of nitriles is 1. The minimum atomic E-state index is -0.486. The topological polar surface area (TPSA) is 84.5 Å². The molecule has 0 unspecified atom stereocenters. The first-order valence-electron chi connectivity index (χ1n) is 6.93. The fraction of sp³-hybridized carbons (Fsp3) is 0.176. The van der Waals surface area contributed by atoms with Crippen molar-refractivity contribution in [2.24, 2.45) is 0 Å². The molecule has 0 aliphatic carbocycles. The molecule has 1 aromatic carbocycles. The predicted molar refractivity (Wildman–Crippen MR) is 91.4 cm³/mol. The zero-order chi connectivity index (χ0) is 17.5. The third-order valence-corrected chi connectivity index (χ3v) is 3.72. The second-order valence-corrected chi connectivity index (χ2v) is 5.52. The lowest BCUT2D eigenvalue weighted by Gasteiger charge is -2.10. The van der Waals surface area contributed by atoms with Gasteiger partial charge in [0.15, 0.2) is 11.5 Å². The van der Waals surface area contributed by atoms with E-state index >= 15 is 0 Å². The molecule has 0 spiro atoms. The Labute approximate surface area is 147 Å². The van der Waals surface area contributed by atoms with Crippen LogP contribution in [-0.4, -0.2) is 20.1 Å². The van der Waals surface area contributed by atoms with Crippen LogP contribution in [-0.2, 0) is 11.3 Å². The van der Waals surface area contributed by atoms with Crippen molar-refractivity contribution in [2.45, 2.75) is 6.54 Å². The van der Waals surface area contributed by atoms with E-state index in [9.17, 15) is 10.1 Å². The molecule has 24 heavy (non-hydrogen) atoms. The minimum Gasteiger partial charge on any atom is -0.493 e. The van der Waals surface area contributed by atoms with Gasteiger partial charge in [0.1, 0.15) is 17.4 Å². The first-order valence-corrected chi connectivity index (χ1v) is 7.72. The van der Waals surface area contributed by atoms with Gasteiger partial charge in [0.25, 0.3) is 5.91 Å². The van der Waals surface area contributed by atoms with Gasteiger partial charge >= 0.3 is 0 Å². The third-order valence-electron chi connectivity index (χ3n) is 3.14. The Morgan fingerprint density at radius 1 is 1.42 bits per heavy atom. The Balaban J connectivity index is 2.22. The van der Waals surface area contributed by atoms with Crippen LogP contribution in [0.5, 0.6) is 11.5 Å². The van der Waals surface area contributed by atoms with Gasteiger partial charge in [-0.05, 0) is 51.8 Å². The van der Waals surface area contributed by atoms with Crippen LogP contribution in [0, 0.1) is 11.3 Å². The van der Waals surface area contributed by atoms with Crippen LogP contribution in [0.4, 0.5) is 0 Å². The van der Waals surface area contributed by atoms with Crippen molar-refractivity contribution in [1.29, 1.82) is 5.26 Å². The molecule has 2 rings (SSSR count). The van der Waals surface area contributed by atoms with Gasteiger partial charge in [-0.1, -0.05) is 0 Å². The average molecular weight is 391 g/mol. The van der Waals surface area contributed by atoms with Crippen molar-refractivity contribution in [2.75, 3.05) is 14.2 Å². The lowest BCUT2D eigenvalue weighted by atomic mass is 10.1. The maximum absolute atomic E-state index is 12.1. The van der Waals surface area contributed by atoms with Gasteiger partial charge in [-0.3, -0.25) is 4.79 Å². The molecule has 0 fully saturated rings. The number of carbonyl (C=O) groups is 1. The molecule has 0 aliphatic heterocycles. The maximum atomic E-state index is 12.1. The fourth-order valence-corrected chi connectivity index (χ4v) is 2.63. The number of hydrogen-bond donors (Lipinski definition) is 1. The smallest absolute Gasteiger partial charge is 0.262 e. The lowest BCUT2D eigenvalue weighted by molar-refractivity contribution is -0.117. The Morgan fingerprint density at radius 2 is 2.21 bits per heavy atom. The molecule has 7 heteroatoms. The second kappa shape index (κ2) is 8.22. The minimum absolute atomic E-state index is 0.0272. The monoisotopic (exact) mass is 390 g/mol. The van der Waals surface area contributed by atoms with Crippen LogP contribution < -0.4 is 14.8 Å². The van der Waals surface area contributed by atoms with Crippen LogP contribution in [0.25, 0.3) is 6.08 Å². The third kappa shape index (κ3) is 4.18. The number of nitrogens with zero attached hydrogens (tertiary/aromatic N) is 1. The van der Waals surface area contributed by atoms with Crippen LogP contribution in [0.1, 0.15) is 11.3 Å². The molecule has 0 radical (unpaired) electrons. The molecule has 0 saturated heterocycles. The lowest BCUT2D eigenvalue weighted by Crippen LogP contribution is -2.23. The van der Waals surface area contributed by atoms with Crippen molar-refractivity contribution in [3.8, 4) is 17.6 Å². The van der Waals surface area contributed by atoms with E-state index < -0.39 is 5.91 Å². The molecule has 6 nitrogen and oxygen atoms in total. The molecule has 0 aliphatic rings. The highest BCUT2D eigenvalue weighted by atomic mass is 79.9. The molecule has 1 heterocycles. The van der Waals surface area contributed by atoms with Crippen molar-refractivity contribution < 1.29 is 18.7 Å². The van der Waals surface area contributed by atoms with Crippen molar-refractivity contribution >= 4 is 27.9 Å². The molecule has 2 aromatic rings. The molecule has 124 valence electrons. The summed E-state index contributed by atoms with van der Waals surface area (Å²) in [5, 5.41) is 11.9. The van der Waals surface area contributed by atoms with Crippen molar-refractivity contribution in [3.05, 3.63) is 51.9 Å². The molecular weight excluding hydrogens is 376 g/mol. The molecule has 1 N–H and O–H groups in total. The van der Waals surface area contributed by atoms with Crippen LogP contribution in [0.15, 0.2) is 45.0 Å². The fourth-order valence-electron chi connectivity index (χ4n) is 2.01. The number of benzene rings is 1. The molecule has 0 bridgehead atoms. The summed E-state index contributed by atoms with van der Waals surface area (Å²) in [4.78, 5) is 12.1. The highest BCUT2D eigenvalue weighted by Crippen LogP contribution is 2.36. The van der Waals surface area contributed by atoms with E-state index in [1.165, 1.54) is 26.6 Å². The van der Waals surface area contributed by atoms with Gasteiger partial charge < -0.3 is 19.2 Å². The summed E-state index contributed by atoms with van der Waals surface area (Å²) in [6.07, 6.45) is 2.99. The summed E-state index contributed by atoms with van der Waals surface area (Å²) in [5.41, 5.74) is 0.602. The van der Waals surface area contributed by atoms with E-state index in [0.29, 0.717) is 27.3 Å². The van der Waals surface area contributed by atoms with Gasteiger partial charge in [0.05, 0.1) is 31.5 Å². The molecule has 0 saturated carbocycles. The highest BCUT2D eigenvalue weighted by Gasteiger charge is 2.13. The Morgan fingerprint density at radius 3 is 2.79 bits per heavy atom. The number of furan rings is 1. The average Bonchev–Trinajstić information content (AvgIpc) is 3.10. The molecule has 1 aromatic heterocycles. The number of methoxy groups -OCH3 is 2. The molecule has 0 atom stereocenters. The summed E-state index contributed by atoms with van der Waals surface area (Å²) < 4.78 is 16.3. The highest BCUT2D eigenvalue weighted by molar-refractivity contribution is 9.10. The Kier molecular flexibility index (Phi) is 6.04. The number of hydrogen-bond acceptors (Lipinski definition) is 5. The van der Waals surface area contributed by atoms with E-state index in [1.54, 1.807) is 24.3 Å². The standard InChI is InChI=1S/C17H15BrN2O4/c1-22-15-8-11(7-14(18)16(15)23-2)6-12(9-19)17(21)20-10-13-4-3-5-24-13/h3-8H,10H2,1-2H3,(H,20,21)/b12-6-. The Hall–Kier alpha value is -2.72. The number of rotatable bonds is 6. The number of amides is 1. The van der Waals surface area contributed by atoms with E-state index in [1.807, 2.05) is 6.07 Å². The largest absolute Gasteiger partial charge is 0.493 e. The summed E-state index contributed by atoms with van der Waals surface area (Å²) >= 11 is 3.37. The zero-order valence-corrected chi connectivity index (χ0v) is 14.7. The van der Waals surface area contributed by atoms with E-state index in [-0.39, 0.29) is 12.1 Å². The van der Waals surface area contributed by atoms with Gasteiger partial charge in [0, 0.05) is 0 Å². The number of halogens is 1. The van der Waals surface area contributed by atoms with E-state index in [0.717, 1.165) is 0 Å². The SMILES string of the molecule is COc1cc(/C=C(/C#N)C(=O)NCc2ccco2)cc(Br)c1OC. The van der Waals surface area contributed by atoms with Crippen molar-refractivity contribution in [3.63, 3.8) is 0 Å². The van der Waals surface area contributed by atoms with Gasteiger partial charge in [-0.2, -0.15) is 5.26 Å². The second-order valence-electron chi connectivity index (χ2n) is 4.67. The maximum Gasteiger partial charge on any atom is 0.262 e. The van der Waals surface area contributed by atoms with Gasteiger partial charge in [-0.15, -0.1) is 0 Å². The van der Waals surface area contributed by atoms with Gasteiger partial charge in [0.2, 0.25) is 0 Å². The van der Waals surface area contributed by atoms with Crippen LogP contribution in [0.3, 0.4) is 0 Å². The van der Waals surface area contributed by atoms with Crippen molar-refractivity contribution in [1.82, 2.24) is 5.32 Å². The summed E-state index contributed by atoms with van der Waals surface area (Å²) in [6, 6.07) is 8.78. The first kappa shape index (κ1) is 17.6. The zero-order valence-electron chi connectivity index (χ0n) is 13.1. The number of ether oxygens (including phenoxy) is 2. The normalized spacial score (nSPS) is 10.8. The molecular formula is C17H15BrN2O4. The molecule has 1 amide bonds. The Bertz CT molecular complexity index is 792. The summed E-state index contributed by atoms with van der Waals surface area (Å²) in [6.45, 7) is 0.209.